The fraction of sp³-hybridized carbons (Fsp3) is 0.0500. The maximum Gasteiger partial charge on any atom is 0.264 e. The molecule has 0 aliphatic rings. The Hall–Kier alpha value is -3.61. The van der Waals surface area contributed by atoms with E-state index < -0.39 is 10.0 Å². The number of rotatable bonds is 7. The number of hydrogen-bond acceptors (Lipinski definition) is 7. The van der Waals surface area contributed by atoms with Crippen molar-refractivity contribution in [2.75, 3.05) is 15.4 Å². The molecule has 0 saturated heterocycles. The molecule has 2 aromatic carbocycles. The van der Waals surface area contributed by atoms with E-state index in [0.717, 1.165) is 5.56 Å². The summed E-state index contributed by atoms with van der Waals surface area (Å²) in [5, 5.41) is 11.1. The van der Waals surface area contributed by atoms with Crippen LogP contribution in [0.5, 0.6) is 0 Å². The molecular weight excluding hydrogens is 484 g/mol. The predicted octanol–water partition coefficient (Wildman–Crippen LogP) is 3.38. The highest BCUT2D eigenvalue weighted by Gasteiger charge is 2.15. The molecule has 13 heteroatoms. The summed E-state index contributed by atoms with van der Waals surface area (Å²) in [6.45, 7) is 0.507. The van der Waals surface area contributed by atoms with Gasteiger partial charge in [0.05, 0.1) is 11.4 Å². The van der Waals surface area contributed by atoms with Gasteiger partial charge in [-0.15, -0.1) is 5.10 Å². The smallest absolute Gasteiger partial charge is 0.264 e. The van der Waals surface area contributed by atoms with Gasteiger partial charge < -0.3 is 5.32 Å². The third kappa shape index (κ3) is 6.22. The zero-order valence-corrected chi connectivity index (χ0v) is 19.3. The Morgan fingerprint density at radius 3 is 2.45 bits per heavy atom. The van der Waals surface area contributed by atoms with Crippen LogP contribution in [-0.2, 0) is 16.6 Å². The Morgan fingerprint density at radius 2 is 1.73 bits per heavy atom. The van der Waals surface area contributed by atoms with E-state index in [4.69, 9.17) is 23.8 Å². The summed E-state index contributed by atoms with van der Waals surface area (Å²) in [4.78, 5) is 12.0. The first kappa shape index (κ1) is 22.6. The Labute approximate surface area is 200 Å². The molecule has 0 unspecified atom stereocenters. The largest absolute Gasteiger partial charge is 0.332 e. The fourth-order valence-electron chi connectivity index (χ4n) is 2.76. The van der Waals surface area contributed by atoms with Crippen LogP contribution in [0, 0.1) is 0 Å². The van der Waals surface area contributed by atoms with Crippen molar-refractivity contribution in [2.24, 2.45) is 0 Å². The standard InChI is InChI=1S/C20H17ClN8O2S2/c21-15-4-1-3-14(11-15)12-29-13-24-19(27-29)26-20(32)25-16-5-7-17(8-6-16)33(30,31)28-18-22-9-2-10-23-18/h1-11,13H,12H2,(H,22,23,28)(H2,25,26,27,32). The second kappa shape index (κ2) is 9.90. The minimum Gasteiger partial charge on any atom is -0.332 e. The van der Waals surface area contributed by atoms with Gasteiger partial charge in [0.2, 0.25) is 11.9 Å². The molecule has 10 nitrogen and oxygen atoms in total. The molecule has 2 heterocycles. The lowest BCUT2D eigenvalue weighted by molar-refractivity contribution is 0.601. The molecule has 0 spiro atoms. The van der Waals surface area contributed by atoms with E-state index in [1.807, 2.05) is 18.2 Å². The van der Waals surface area contributed by atoms with E-state index >= 15 is 0 Å². The van der Waals surface area contributed by atoms with E-state index in [2.05, 4.69) is 35.4 Å². The molecule has 0 fully saturated rings. The molecule has 0 radical (unpaired) electrons. The van der Waals surface area contributed by atoms with E-state index in [0.29, 0.717) is 23.2 Å². The quantitative estimate of drug-likeness (QED) is 0.327. The summed E-state index contributed by atoms with van der Waals surface area (Å²) in [6.07, 6.45) is 4.47. The third-order valence-electron chi connectivity index (χ3n) is 4.21. The Kier molecular flexibility index (Phi) is 6.77. The van der Waals surface area contributed by atoms with Crippen molar-refractivity contribution in [1.82, 2.24) is 24.7 Å². The SMILES string of the molecule is O=S(=O)(Nc1ncccn1)c1ccc(NC(=S)Nc2ncn(Cc3cccc(Cl)c3)n2)cc1. The van der Waals surface area contributed by atoms with Gasteiger partial charge in [0.1, 0.15) is 6.33 Å². The average Bonchev–Trinajstić information content (AvgIpc) is 3.21. The molecule has 3 N–H and O–H groups in total. The number of aromatic nitrogens is 5. The van der Waals surface area contributed by atoms with Gasteiger partial charge in [-0.25, -0.2) is 32.8 Å². The van der Waals surface area contributed by atoms with Crippen LogP contribution in [0.25, 0.3) is 0 Å². The second-order valence-electron chi connectivity index (χ2n) is 6.68. The van der Waals surface area contributed by atoms with Crippen molar-refractivity contribution < 1.29 is 8.42 Å². The number of hydrogen-bond donors (Lipinski definition) is 3. The Morgan fingerprint density at radius 1 is 0.970 bits per heavy atom. The van der Waals surface area contributed by atoms with Crippen molar-refractivity contribution >= 4 is 56.5 Å². The number of thiocarbonyl (C=S) groups is 1. The number of benzene rings is 2. The molecular formula is C20H17ClN8O2S2. The van der Waals surface area contributed by atoms with Gasteiger partial charge in [-0.2, -0.15) is 0 Å². The van der Waals surface area contributed by atoms with E-state index in [9.17, 15) is 8.42 Å². The maximum atomic E-state index is 12.5. The summed E-state index contributed by atoms with van der Waals surface area (Å²) in [5.41, 5.74) is 1.57. The first-order valence-corrected chi connectivity index (χ1v) is 11.8. The van der Waals surface area contributed by atoms with Crippen LogP contribution in [-0.4, -0.2) is 38.3 Å². The van der Waals surface area contributed by atoms with Gasteiger partial charge in [0.15, 0.2) is 5.11 Å². The zero-order chi connectivity index (χ0) is 23.3. The van der Waals surface area contributed by atoms with Gasteiger partial charge >= 0.3 is 0 Å². The minimum atomic E-state index is -3.82. The maximum absolute atomic E-state index is 12.5. The normalized spacial score (nSPS) is 11.1. The number of nitrogens with one attached hydrogen (secondary N) is 3. The molecule has 0 aliphatic carbocycles. The highest BCUT2D eigenvalue weighted by molar-refractivity contribution is 7.92. The minimum absolute atomic E-state index is 0.00706. The molecule has 4 rings (SSSR count). The highest BCUT2D eigenvalue weighted by Crippen LogP contribution is 2.17. The Balaban J connectivity index is 1.34. The molecule has 0 amide bonds. The summed E-state index contributed by atoms with van der Waals surface area (Å²) >= 11 is 11.3. The van der Waals surface area contributed by atoms with Gasteiger partial charge in [0.25, 0.3) is 10.0 Å². The summed E-state index contributed by atoms with van der Waals surface area (Å²) in [5.74, 6) is 0.313. The van der Waals surface area contributed by atoms with Crippen molar-refractivity contribution in [3.8, 4) is 0 Å². The molecule has 0 bridgehead atoms. The van der Waals surface area contributed by atoms with Gasteiger partial charge in [-0.1, -0.05) is 23.7 Å². The van der Waals surface area contributed by atoms with Crippen LogP contribution in [0.3, 0.4) is 0 Å². The summed E-state index contributed by atoms with van der Waals surface area (Å²) < 4.78 is 28.9. The monoisotopic (exact) mass is 500 g/mol. The first-order valence-electron chi connectivity index (χ1n) is 9.49. The summed E-state index contributed by atoms with van der Waals surface area (Å²) in [7, 11) is -3.82. The van der Waals surface area contributed by atoms with Gasteiger partial charge in [-0.05, 0) is 60.2 Å². The van der Waals surface area contributed by atoms with Crippen LogP contribution in [0.2, 0.25) is 5.02 Å². The van der Waals surface area contributed by atoms with Crippen molar-refractivity contribution in [1.29, 1.82) is 0 Å². The van der Waals surface area contributed by atoms with Gasteiger partial charge in [0, 0.05) is 23.1 Å². The number of nitrogens with zero attached hydrogens (tertiary/aromatic N) is 5. The lowest BCUT2D eigenvalue weighted by Gasteiger charge is -2.10. The average molecular weight is 501 g/mol. The number of sulfonamides is 1. The Bertz CT molecular complexity index is 1360. The van der Waals surface area contributed by atoms with Crippen molar-refractivity contribution in [2.45, 2.75) is 11.4 Å². The van der Waals surface area contributed by atoms with E-state index in [1.165, 1.54) is 24.5 Å². The van der Waals surface area contributed by atoms with Crippen molar-refractivity contribution in [3.05, 3.63) is 83.9 Å². The fourth-order valence-corrected chi connectivity index (χ4v) is 4.14. The lowest BCUT2D eigenvalue weighted by Crippen LogP contribution is -2.20. The molecule has 168 valence electrons. The zero-order valence-electron chi connectivity index (χ0n) is 16.9. The predicted molar refractivity (Wildman–Crippen MR) is 130 cm³/mol. The number of halogens is 1. The van der Waals surface area contributed by atoms with Gasteiger partial charge in [-0.3, -0.25) is 5.32 Å². The van der Waals surface area contributed by atoms with Crippen LogP contribution in [0.4, 0.5) is 17.6 Å². The molecule has 0 atom stereocenters. The highest BCUT2D eigenvalue weighted by atomic mass is 35.5. The molecule has 33 heavy (non-hydrogen) atoms. The van der Waals surface area contributed by atoms with E-state index in [1.54, 1.807) is 35.3 Å². The topological polar surface area (TPSA) is 127 Å². The molecule has 0 saturated carbocycles. The van der Waals surface area contributed by atoms with E-state index in [-0.39, 0.29) is 16.0 Å². The second-order valence-corrected chi connectivity index (χ2v) is 9.20. The third-order valence-corrected chi connectivity index (χ3v) is 5.99. The first-order chi connectivity index (χ1) is 15.9. The van der Waals surface area contributed by atoms with Crippen LogP contribution in [0.1, 0.15) is 5.56 Å². The van der Waals surface area contributed by atoms with Crippen LogP contribution < -0.4 is 15.4 Å². The van der Waals surface area contributed by atoms with Crippen molar-refractivity contribution in [3.63, 3.8) is 0 Å². The number of anilines is 3. The van der Waals surface area contributed by atoms with Crippen LogP contribution in [0.15, 0.2) is 78.2 Å². The van der Waals surface area contributed by atoms with Crippen LogP contribution >= 0.6 is 23.8 Å². The summed E-state index contributed by atoms with van der Waals surface area (Å²) in [6, 6.07) is 15.1. The molecule has 4 aromatic rings. The molecule has 2 aromatic heterocycles. The molecule has 0 aliphatic heterocycles. The lowest BCUT2D eigenvalue weighted by atomic mass is 10.2.